The van der Waals surface area contributed by atoms with Gasteiger partial charge < -0.3 is 15.0 Å². The molecule has 1 N–H and O–H groups in total. The molecule has 40 heavy (non-hydrogen) atoms. The van der Waals surface area contributed by atoms with Crippen LogP contribution in [0.5, 0.6) is 5.75 Å². The molecule has 0 radical (unpaired) electrons. The molecule has 12 heteroatoms. The Kier molecular flexibility index (Phi) is 10.4. The third-order valence-electron chi connectivity index (χ3n) is 5.98. The van der Waals surface area contributed by atoms with Crippen LogP contribution in [0.15, 0.2) is 71.6 Å². The van der Waals surface area contributed by atoms with Crippen molar-refractivity contribution in [1.29, 1.82) is 0 Å². The van der Waals surface area contributed by atoms with E-state index in [1.165, 1.54) is 48.4 Å². The summed E-state index contributed by atoms with van der Waals surface area (Å²) in [4.78, 5) is 27.9. The Balaban J connectivity index is 2.04. The average molecular weight is 611 g/mol. The molecule has 0 aromatic heterocycles. The van der Waals surface area contributed by atoms with Crippen LogP contribution in [0, 0.1) is 5.82 Å². The number of methoxy groups -OCH3 is 1. The molecule has 0 aliphatic carbocycles. The van der Waals surface area contributed by atoms with Gasteiger partial charge in [0.1, 0.15) is 24.2 Å². The summed E-state index contributed by atoms with van der Waals surface area (Å²) in [6.07, 6.45) is 0. The molecule has 0 saturated heterocycles. The van der Waals surface area contributed by atoms with E-state index in [0.29, 0.717) is 16.3 Å². The Morgan fingerprint density at radius 3 is 2.12 bits per heavy atom. The zero-order valence-electron chi connectivity index (χ0n) is 22.4. The van der Waals surface area contributed by atoms with Gasteiger partial charge in [0.05, 0.1) is 27.7 Å². The number of nitrogens with one attached hydrogen (secondary N) is 1. The Morgan fingerprint density at radius 1 is 0.950 bits per heavy atom. The molecule has 0 spiro atoms. The van der Waals surface area contributed by atoms with Gasteiger partial charge in [0.15, 0.2) is 0 Å². The number of nitrogens with zero attached hydrogens (tertiary/aromatic N) is 2. The van der Waals surface area contributed by atoms with Crippen LogP contribution in [-0.4, -0.2) is 50.9 Å². The second-order valence-corrected chi connectivity index (χ2v) is 11.9. The molecule has 3 aromatic rings. The van der Waals surface area contributed by atoms with Crippen molar-refractivity contribution >= 4 is 50.7 Å². The van der Waals surface area contributed by atoms with Gasteiger partial charge in [-0.1, -0.05) is 29.3 Å². The third-order valence-corrected chi connectivity index (χ3v) is 8.50. The van der Waals surface area contributed by atoms with E-state index in [4.69, 9.17) is 27.9 Å². The molecule has 0 saturated carbocycles. The van der Waals surface area contributed by atoms with E-state index in [-0.39, 0.29) is 28.2 Å². The summed E-state index contributed by atoms with van der Waals surface area (Å²) in [7, 11) is -2.85. The number of amides is 2. The summed E-state index contributed by atoms with van der Waals surface area (Å²) in [5.41, 5.74) is 0.651. The number of hydrogen-bond acceptors (Lipinski definition) is 5. The van der Waals surface area contributed by atoms with E-state index in [1.807, 2.05) is 0 Å². The van der Waals surface area contributed by atoms with Crippen LogP contribution >= 0.6 is 23.2 Å². The van der Waals surface area contributed by atoms with Gasteiger partial charge in [0, 0.05) is 12.6 Å². The topological polar surface area (TPSA) is 96.0 Å². The van der Waals surface area contributed by atoms with Crippen LogP contribution in [0.3, 0.4) is 0 Å². The smallest absolute Gasteiger partial charge is 0.264 e. The molecular formula is C28H30Cl2FN3O5S. The van der Waals surface area contributed by atoms with Crippen LogP contribution in [0.25, 0.3) is 0 Å². The predicted molar refractivity (Wildman–Crippen MR) is 154 cm³/mol. The first-order valence-corrected chi connectivity index (χ1v) is 14.5. The third kappa shape index (κ3) is 7.65. The van der Waals surface area contributed by atoms with E-state index >= 15 is 0 Å². The van der Waals surface area contributed by atoms with Crippen molar-refractivity contribution in [3.05, 3.63) is 88.2 Å². The number of benzene rings is 3. The Morgan fingerprint density at radius 2 is 1.57 bits per heavy atom. The standard InChI is InChI=1S/C28H30Cl2FN3O5S/c1-18(2)32-28(36)19(3)33(16-20-5-14-25(29)26(30)15-20)27(35)17-34(22-8-6-21(31)7-9-22)40(37,38)24-12-10-23(39-4)11-13-24/h5-15,18-19H,16-17H2,1-4H3,(H,32,36)/t19-/m0/s1. The SMILES string of the molecule is COc1ccc(S(=O)(=O)N(CC(=O)N(Cc2ccc(Cl)c(Cl)c2)[C@@H](C)C(=O)NC(C)C)c2ccc(F)cc2)cc1. The average Bonchev–Trinajstić information content (AvgIpc) is 2.92. The highest BCUT2D eigenvalue weighted by Gasteiger charge is 2.32. The molecule has 2 amide bonds. The molecule has 0 aliphatic heterocycles. The van der Waals surface area contributed by atoms with Crippen LogP contribution < -0.4 is 14.4 Å². The summed E-state index contributed by atoms with van der Waals surface area (Å²) in [6, 6.07) is 14.0. The number of carbonyl (C=O) groups is 2. The van der Waals surface area contributed by atoms with Crippen LogP contribution in [0.4, 0.5) is 10.1 Å². The van der Waals surface area contributed by atoms with Crippen molar-refractivity contribution in [3.8, 4) is 5.75 Å². The summed E-state index contributed by atoms with van der Waals surface area (Å²) in [6.45, 7) is 4.40. The maximum Gasteiger partial charge on any atom is 0.264 e. The first-order chi connectivity index (χ1) is 18.8. The molecule has 0 heterocycles. The van der Waals surface area contributed by atoms with Crippen molar-refractivity contribution in [1.82, 2.24) is 10.2 Å². The largest absolute Gasteiger partial charge is 0.497 e. The molecule has 3 rings (SSSR count). The fourth-order valence-electron chi connectivity index (χ4n) is 3.83. The lowest BCUT2D eigenvalue weighted by Gasteiger charge is -2.32. The number of halogens is 3. The van der Waals surface area contributed by atoms with Gasteiger partial charge in [0.25, 0.3) is 10.0 Å². The minimum Gasteiger partial charge on any atom is -0.497 e. The fraction of sp³-hybridized carbons (Fsp3) is 0.286. The van der Waals surface area contributed by atoms with Crippen molar-refractivity contribution < 1.29 is 27.1 Å². The molecular weight excluding hydrogens is 580 g/mol. The minimum absolute atomic E-state index is 0.0533. The normalized spacial score (nSPS) is 12.1. The Bertz CT molecular complexity index is 1450. The molecule has 0 unspecified atom stereocenters. The van der Waals surface area contributed by atoms with Gasteiger partial charge in [0.2, 0.25) is 11.8 Å². The highest BCUT2D eigenvalue weighted by Crippen LogP contribution is 2.27. The van der Waals surface area contributed by atoms with Gasteiger partial charge in [-0.3, -0.25) is 13.9 Å². The van der Waals surface area contributed by atoms with E-state index < -0.39 is 40.2 Å². The van der Waals surface area contributed by atoms with Gasteiger partial charge >= 0.3 is 0 Å². The summed E-state index contributed by atoms with van der Waals surface area (Å²) in [5, 5.41) is 3.36. The molecule has 3 aromatic carbocycles. The van der Waals surface area contributed by atoms with Gasteiger partial charge in [-0.15, -0.1) is 0 Å². The van der Waals surface area contributed by atoms with Gasteiger partial charge in [-0.05, 0) is 87.0 Å². The summed E-state index contributed by atoms with van der Waals surface area (Å²) in [5.74, 6) is -1.22. The first-order valence-electron chi connectivity index (χ1n) is 12.3. The number of sulfonamides is 1. The molecule has 0 bridgehead atoms. The fourth-order valence-corrected chi connectivity index (χ4v) is 5.57. The second-order valence-electron chi connectivity index (χ2n) is 9.27. The summed E-state index contributed by atoms with van der Waals surface area (Å²) >= 11 is 12.2. The maximum atomic E-state index is 13.8. The van der Waals surface area contributed by atoms with E-state index in [9.17, 15) is 22.4 Å². The Labute approximate surface area is 243 Å². The first kappa shape index (κ1) is 31.2. The van der Waals surface area contributed by atoms with E-state index in [0.717, 1.165) is 16.4 Å². The molecule has 0 fully saturated rings. The van der Waals surface area contributed by atoms with Crippen molar-refractivity contribution in [2.75, 3.05) is 18.0 Å². The van der Waals surface area contributed by atoms with Gasteiger partial charge in [-0.2, -0.15) is 0 Å². The van der Waals surface area contributed by atoms with E-state index in [2.05, 4.69) is 5.32 Å². The lowest BCUT2D eigenvalue weighted by atomic mass is 10.1. The Hall–Kier alpha value is -3.34. The lowest BCUT2D eigenvalue weighted by Crippen LogP contribution is -2.52. The zero-order chi connectivity index (χ0) is 29.6. The van der Waals surface area contributed by atoms with Crippen molar-refractivity contribution in [2.45, 2.75) is 44.3 Å². The number of ether oxygens (including phenoxy) is 1. The molecule has 1 atom stereocenters. The summed E-state index contributed by atoms with van der Waals surface area (Å²) < 4.78 is 47.3. The van der Waals surface area contributed by atoms with Crippen molar-refractivity contribution in [3.63, 3.8) is 0 Å². The number of rotatable bonds is 11. The zero-order valence-corrected chi connectivity index (χ0v) is 24.7. The van der Waals surface area contributed by atoms with Gasteiger partial charge in [-0.25, -0.2) is 12.8 Å². The number of hydrogen-bond donors (Lipinski definition) is 1. The van der Waals surface area contributed by atoms with Crippen LogP contribution in [0.2, 0.25) is 10.0 Å². The maximum absolute atomic E-state index is 13.8. The van der Waals surface area contributed by atoms with Crippen LogP contribution in [-0.2, 0) is 26.2 Å². The molecule has 8 nitrogen and oxygen atoms in total. The number of carbonyl (C=O) groups excluding carboxylic acids is 2. The second kappa shape index (κ2) is 13.3. The molecule has 0 aliphatic rings. The highest BCUT2D eigenvalue weighted by atomic mass is 35.5. The minimum atomic E-state index is -4.30. The number of anilines is 1. The quantitative estimate of drug-likeness (QED) is 0.319. The monoisotopic (exact) mass is 609 g/mol. The molecule has 214 valence electrons. The van der Waals surface area contributed by atoms with Crippen LogP contribution in [0.1, 0.15) is 26.3 Å². The van der Waals surface area contributed by atoms with E-state index in [1.54, 1.807) is 39.0 Å². The predicted octanol–water partition coefficient (Wildman–Crippen LogP) is 5.28. The lowest BCUT2D eigenvalue weighted by molar-refractivity contribution is -0.139. The highest BCUT2D eigenvalue weighted by molar-refractivity contribution is 7.92. The van der Waals surface area contributed by atoms with Crippen molar-refractivity contribution in [2.24, 2.45) is 0 Å².